The number of nitrogens with one attached hydrogen (secondary N) is 2. The Morgan fingerprint density at radius 3 is 2.56 bits per heavy atom. The van der Waals surface area contributed by atoms with E-state index in [9.17, 15) is 8.42 Å². The molecule has 2 heterocycles. The molecule has 0 aromatic rings. The van der Waals surface area contributed by atoms with Crippen molar-refractivity contribution in [2.24, 2.45) is 4.99 Å². The van der Waals surface area contributed by atoms with Crippen molar-refractivity contribution in [2.45, 2.75) is 50.6 Å². The lowest BCUT2D eigenvalue weighted by atomic mass is 10.2. The molecule has 9 heteroatoms. The van der Waals surface area contributed by atoms with Crippen molar-refractivity contribution in [3.8, 4) is 0 Å². The molecule has 1 unspecified atom stereocenters. The predicted octanol–water partition coefficient (Wildman–Crippen LogP) is 0.822. The molecule has 0 aromatic heterocycles. The van der Waals surface area contributed by atoms with Crippen LogP contribution in [0.3, 0.4) is 0 Å². The van der Waals surface area contributed by atoms with Gasteiger partial charge in [0, 0.05) is 51.9 Å². The Morgan fingerprint density at radius 2 is 1.92 bits per heavy atom. The van der Waals surface area contributed by atoms with E-state index in [2.05, 4.69) is 20.5 Å². The smallest absolute Gasteiger partial charge is 0.214 e. The second kappa shape index (κ2) is 9.70. The van der Waals surface area contributed by atoms with Crippen LogP contribution in [0.1, 0.15) is 38.5 Å². The standard InChI is InChI=1S/C16H31N5O2S.HI/c1-17-16(18-8-11-21-9-4-12-24(21,22)23)19-14-7-10-20(13-14)15-5-2-3-6-15;/h14-15H,2-13H2,1H3,(H2,17,18,19);1H. The van der Waals surface area contributed by atoms with Crippen LogP contribution in [0.4, 0.5) is 0 Å². The molecule has 25 heavy (non-hydrogen) atoms. The van der Waals surface area contributed by atoms with Crippen LogP contribution in [0.15, 0.2) is 4.99 Å². The summed E-state index contributed by atoms with van der Waals surface area (Å²) in [5.41, 5.74) is 0. The molecule has 2 aliphatic heterocycles. The van der Waals surface area contributed by atoms with Gasteiger partial charge in [0.15, 0.2) is 5.96 Å². The Hall–Kier alpha value is -0.130. The molecule has 1 saturated carbocycles. The van der Waals surface area contributed by atoms with Crippen molar-refractivity contribution in [3.05, 3.63) is 0 Å². The molecule has 2 saturated heterocycles. The van der Waals surface area contributed by atoms with Crippen LogP contribution in [0.5, 0.6) is 0 Å². The molecule has 0 radical (unpaired) electrons. The molecule has 3 aliphatic rings. The highest BCUT2D eigenvalue weighted by Gasteiger charge is 2.30. The first kappa shape index (κ1) is 21.2. The zero-order valence-electron chi connectivity index (χ0n) is 15.1. The van der Waals surface area contributed by atoms with Gasteiger partial charge in [-0.1, -0.05) is 12.8 Å². The van der Waals surface area contributed by atoms with Gasteiger partial charge in [-0.3, -0.25) is 9.89 Å². The van der Waals surface area contributed by atoms with Gasteiger partial charge in [0.05, 0.1) is 5.75 Å². The molecule has 1 atom stereocenters. The average molecular weight is 485 g/mol. The van der Waals surface area contributed by atoms with Crippen molar-refractivity contribution in [1.29, 1.82) is 0 Å². The second-order valence-electron chi connectivity index (χ2n) is 7.13. The molecule has 1 aliphatic carbocycles. The van der Waals surface area contributed by atoms with Gasteiger partial charge < -0.3 is 10.6 Å². The van der Waals surface area contributed by atoms with Crippen molar-refractivity contribution in [3.63, 3.8) is 0 Å². The van der Waals surface area contributed by atoms with Gasteiger partial charge in [-0.15, -0.1) is 24.0 Å². The van der Waals surface area contributed by atoms with Crippen LogP contribution in [0.25, 0.3) is 0 Å². The molecular formula is C16H32IN5O2S. The van der Waals surface area contributed by atoms with Gasteiger partial charge in [0.1, 0.15) is 0 Å². The topological polar surface area (TPSA) is 77.0 Å². The Balaban J connectivity index is 0.00000225. The summed E-state index contributed by atoms with van der Waals surface area (Å²) in [6.07, 6.45) is 7.35. The van der Waals surface area contributed by atoms with Crippen molar-refractivity contribution < 1.29 is 8.42 Å². The number of halogens is 1. The Kier molecular flexibility index (Phi) is 8.22. The monoisotopic (exact) mass is 485 g/mol. The van der Waals surface area contributed by atoms with Gasteiger partial charge in [-0.05, 0) is 25.7 Å². The summed E-state index contributed by atoms with van der Waals surface area (Å²) in [5.74, 6) is 1.07. The van der Waals surface area contributed by atoms with Crippen LogP contribution in [-0.2, 0) is 10.0 Å². The van der Waals surface area contributed by atoms with Crippen LogP contribution < -0.4 is 10.6 Å². The SMILES string of the molecule is CN=C(NCCN1CCCS1(=O)=O)NC1CCN(C2CCCC2)C1.I. The summed E-state index contributed by atoms with van der Waals surface area (Å²) in [6, 6.07) is 1.22. The lowest BCUT2D eigenvalue weighted by molar-refractivity contribution is 0.242. The highest BCUT2D eigenvalue weighted by Crippen LogP contribution is 2.26. The summed E-state index contributed by atoms with van der Waals surface area (Å²) in [5, 5.41) is 6.75. The fourth-order valence-electron chi connectivity index (χ4n) is 4.14. The first-order valence-electron chi connectivity index (χ1n) is 9.27. The largest absolute Gasteiger partial charge is 0.355 e. The number of aliphatic imine (C=N–C) groups is 1. The quantitative estimate of drug-likeness (QED) is 0.343. The van der Waals surface area contributed by atoms with E-state index in [1.807, 2.05) is 0 Å². The number of rotatable bonds is 5. The fraction of sp³-hybridized carbons (Fsp3) is 0.938. The first-order valence-corrected chi connectivity index (χ1v) is 10.9. The minimum absolute atomic E-state index is 0. The van der Waals surface area contributed by atoms with Gasteiger partial charge in [0.25, 0.3) is 0 Å². The third kappa shape index (κ3) is 5.67. The minimum atomic E-state index is -3.00. The number of sulfonamides is 1. The van der Waals surface area contributed by atoms with Gasteiger partial charge in [-0.2, -0.15) is 0 Å². The number of hydrogen-bond acceptors (Lipinski definition) is 4. The Labute approximate surface area is 169 Å². The molecular weight excluding hydrogens is 453 g/mol. The van der Waals surface area contributed by atoms with Crippen LogP contribution >= 0.6 is 24.0 Å². The lowest BCUT2D eigenvalue weighted by Crippen LogP contribution is -2.47. The highest BCUT2D eigenvalue weighted by molar-refractivity contribution is 14.0. The molecule has 3 rings (SSSR count). The normalized spacial score (nSPS) is 28.2. The molecule has 3 fully saturated rings. The van der Waals surface area contributed by atoms with Gasteiger partial charge >= 0.3 is 0 Å². The van der Waals surface area contributed by atoms with E-state index in [4.69, 9.17) is 0 Å². The molecule has 7 nitrogen and oxygen atoms in total. The summed E-state index contributed by atoms with van der Waals surface area (Å²) >= 11 is 0. The average Bonchev–Trinajstić information content (AvgIpc) is 3.27. The molecule has 0 spiro atoms. The number of guanidine groups is 1. The highest BCUT2D eigenvalue weighted by atomic mass is 127. The lowest BCUT2D eigenvalue weighted by Gasteiger charge is -2.24. The molecule has 0 aromatic carbocycles. The van der Waals surface area contributed by atoms with E-state index in [1.54, 1.807) is 11.4 Å². The number of hydrogen-bond donors (Lipinski definition) is 2. The molecule has 0 amide bonds. The van der Waals surface area contributed by atoms with Crippen LogP contribution in [0.2, 0.25) is 0 Å². The third-order valence-electron chi connectivity index (χ3n) is 5.48. The maximum absolute atomic E-state index is 11.8. The van der Waals surface area contributed by atoms with E-state index in [-0.39, 0.29) is 24.0 Å². The summed E-state index contributed by atoms with van der Waals surface area (Å²) in [4.78, 5) is 6.90. The number of nitrogens with zero attached hydrogens (tertiary/aromatic N) is 3. The predicted molar refractivity (Wildman–Crippen MR) is 112 cm³/mol. The minimum Gasteiger partial charge on any atom is -0.355 e. The molecule has 146 valence electrons. The summed E-state index contributed by atoms with van der Waals surface area (Å²) < 4.78 is 25.2. The number of likely N-dealkylation sites (tertiary alicyclic amines) is 1. The maximum Gasteiger partial charge on any atom is 0.214 e. The van der Waals surface area contributed by atoms with Crippen molar-refractivity contribution >= 4 is 40.0 Å². The zero-order valence-corrected chi connectivity index (χ0v) is 18.3. The first-order chi connectivity index (χ1) is 11.6. The van der Waals surface area contributed by atoms with Crippen LogP contribution in [0, 0.1) is 0 Å². The van der Waals surface area contributed by atoms with Gasteiger partial charge in [0.2, 0.25) is 10.0 Å². The summed E-state index contributed by atoms with van der Waals surface area (Å²) in [7, 11) is -1.24. The maximum atomic E-state index is 11.8. The Bertz CT molecular complexity index is 551. The Morgan fingerprint density at radius 1 is 1.16 bits per heavy atom. The van der Waals surface area contributed by atoms with E-state index >= 15 is 0 Å². The second-order valence-corrected chi connectivity index (χ2v) is 9.22. The van der Waals surface area contributed by atoms with E-state index in [0.717, 1.165) is 31.4 Å². The van der Waals surface area contributed by atoms with E-state index in [1.165, 1.54) is 32.2 Å². The van der Waals surface area contributed by atoms with Crippen LogP contribution in [-0.4, -0.2) is 81.2 Å². The summed E-state index contributed by atoms with van der Waals surface area (Å²) in [6.45, 7) is 4.02. The fourth-order valence-corrected chi connectivity index (χ4v) is 5.66. The van der Waals surface area contributed by atoms with E-state index < -0.39 is 10.0 Å². The van der Waals surface area contributed by atoms with Crippen molar-refractivity contribution in [1.82, 2.24) is 19.8 Å². The van der Waals surface area contributed by atoms with Crippen molar-refractivity contribution in [2.75, 3.05) is 45.5 Å². The third-order valence-corrected chi connectivity index (χ3v) is 7.44. The molecule has 0 bridgehead atoms. The van der Waals surface area contributed by atoms with Gasteiger partial charge in [-0.25, -0.2) is 12.7 Å². The zero-order chi connectivity index (χ0) is 17.0. The molecule has 2 N–H and O–H groups in total. The van der Waals surface area contributed by atoms with E-state index in [0.29, 0.717) is 31.4 Å².